The molecule has 0 aliphatic carbocycles. The minimum absolute atomic E-state index is 0.736. The average Bonchev–Trinajstić information content (AvgIpc) is 1.72. The quantitative estimate of drug-likeness (QED) is 0.447. The van der Waals surface area contributed by atoms with Crippen LogP contribution in [0.1, 0.15) is 0 Å². The normalized spacial score (nSPS) is 10.9. The van der Waals surface area contributed by atoms with Gasteiger partial charge in [-0.15, -0.1) is 0 Å². The van der Waals surface area contributed by atoms with E-state index in [0.717, 1.165) is 5.76 Å². The van der Waals surface area contributed by atoms with Crippen LogP contribution in [0.25, 0.3) is 0 Å². The number of hydrogen-bond donors (Lipinski definition) is 0. The second kappa shape index (κ2) is 3.93. The van der Waals surface area contributed by atoms with Gasteiger partial charge in [-0.05, 0) is 6.08 Å². The van der Waals surface area contributed by atoms with Gasteiger partial charge in [-0.1, -0.05) is 22.5 Å². The lowest BCUT2D eigenvalue weighted by Crippen LogP contribution is -1.75. The standard InChI is InChI=1S/C5H7BrO/c1-3-5(4-6)7-2/h3-4H,1H2,2H3/b5-4-. The molecule has 0 atom stereocenters. The van der Waals surface area contributed by atoms with E-state index in [0.29, 0.717) is 0 Å². The number of ether oxygens (including phenoxy) is 1. The highest BCUT2D eigenvalue weighted by molar-refractivity contribution is 9.11. The molecule has 0 aromatic carbocycles. The summed E-state index contributed by atoms with van der Waals surface area (Å²) in [6, 6.07) is 0. The summed E-state index contributed by atoms with van der Waals surface area (Å²) in [6.45, 7) is 3.48. The van der Waals surface area contributed by atoms with Crippen LogP contribution in [0.2, 0.25) is 0 Å². The number of methoxy groups -OCH3 is 1. The lowest BCUT2D eigenvalue weighted by atomic mass is 10.6. The lowest BCUT2D eigenvalue weighted by molar-refractivity contribution is 0.308. The van der Waals surface area contributed by atoms with Gasteiger partial charge in [-0.2, -0.15) is 0 Å². The van der Waals surface area contributed by atoms with E-state index >= 15 is 0 Å². The van der Waals surface area contributed by atoms with Gasteiger partial charge in [0.25, 0.3) is 0 Å². The number of rotatable bonds is 2. The van der Waals surface area contributed by atoms with Crippen molar-refractivity contribution in [2.24, 2.45) is 0 Å². The van der Waals surface area contributed by atoms with Gasteiger partial charge in [0.2, 0.25) is 0 Å². The van der Waals surface area contributed by atoms with Crippen molar-refractivity contribution in [3.63, 3.8) is 0 Å². The van der Waals surface area contributed by atoms with Gasteiger partial charge >= 0.3 is 0 Å². The van der Waals surface area contributed by atoms with E-state index in [1.54, 1.807) is 18.2 Å². The molecule has 0 saturated heterocycles. The maximum absolute atomic E-state index is 4.74. The monoisotopic (exact) mass is 162 g/mol. The highest BCUT2D eigenvalue weighted by atomic mass is 79.9. The molecule has 0 heterocycles. The summed E-state index contributed by atoms with van der Waals surface area (Å²) in [7, 11) is 1.59. The molecule has 0 aliphatic rings. The van der Waals surface area contributed by atoms with E-state index in [9.17, 15) is 0 Å². The van der Waals surface area contributed by atoms with Crippen LogP contribution in [0.15, 0.2) is 23.4 Å². The van der Waals surface area contributed by atoms with Crippen LogP contribution in [-0.4, -0.2) is 7.11 Å². The summed E-state index contributed by atoms with van der Waals surface area (Å²) in [6.07, 6.45) is 1.62. The Kier molecular flexibility index (Phi) is 3.80. The van der Waals surface area contributed by atoms with Crippen molar-refractivity contribution in [2.75, 3.05) is 7.11 Å². The highest BCUT2D eigenvalue weighted by Crippen LogP contribution is 1.98. The minimum atomic E-state index is 0.736. The summed E-state index contributed by atoms with van der Waals surface area (Å²) in [5.74, 6) is 0.736. The Morgan fingerprint density at radius 1 is 1.86 bits per heavy atom. The van der Waals surface area contributed by atoms with E-state index in [4.69, 9.17) is 4.74 Å². The molecule has 0 radical (unpaired) electrons. The Morgan fingerprint density at radius 3 is 2.43 bits per heavy atom. The second-order valence-corrected chi connectivity index (χ2v) is 1.38. The highest BCUT2D eigenvalue weighted by Gasteiger charge is 1.78. The fraction of sp³-hybridized carbons (Fsp3) is 0.200. The second-order valence-electron chi connectivity index (χ2n) is 0.920. The van der Waals surface area contributed by atoms with Crippen molar-refractivity contribution in [1.29, 1.82) is 0 Å². The minimum Gasteiger partial charge on any atom is -0.496 e. The van der Waals surface area contributed by atoms with Gasteiger partial charge in [0, 0.05) is 4.99 Å². The van der Waals surface area contributed by atoms with Gasteiger partial charge in [0.1, 0.15) is 5.76 Å². The molecule has 0 amide bonds. The van der Waals surface area contributed by atoms with E-state index in [1.807, 2.05) is 0 Å². The van der Waals surface area contributed by atoms with Crippen molar-refractivity contribution in [2.45, 2.75) is 0 Å². The maximum atomic E-state index is 4.74. The fourth-order valence-electron chi connectivity index (χ4n) is 0.172. The zero-order valence-corrected chi connectivity index (χ0v) is 5.73. The van der Waals surface area contributed by atoms with Crippen LogP contribution in [-0.2, 0) is 4.74 Å². The van der Waals surface area contributed by atoms with Gasteiger partial charge < -0.3 is 4.74 Å². The Labute approximate surface area is 51.8 Å². The third-order valence-electron chi connectivity index (χ3n) is 0.544. The van der Waals surface area contributed by atoms with Crippen molar-refractivity contribution < 1.29 is 4.74 Å². The SMILES string of the molecule is C=C/C(=C/Br)OC. The lowest BCUT2D eigenvalue weighted by Gasteiger charge is -1.92. The molecule has 0 aromatic heterocycles. The molecule has 0 aliphatic heterocycles. The Balaban J connectivity index is 3.60. The van der Waals surface area contributed by atoms with Crippen molar-refractivity contribution >= 4 is 15.9 Å². The largest absolute Gasteiger partial charge is 0.496 e. The molecule has 0 fully saturated rings. The molecule has 2 heteroatoms. The van der Waals surface area contributed by atoms with Crippen molar-refractivity contribution in [3.05, 3.63) is 23.4 Å². The molecule has 0 bridgehead atoms. The fourth-order valence-corrected chi connectivity index (χ4v) is 0.546. The Bertz CT molecular complexity index is 86.1. The molecule has 0 spiro atoms. The summed E-state index contributed by atoms with van der Waals surface area (Å²) in [5, 5.41) is 0. The molecule has 0 unspecified atom stereocenters. The van der Waals surface area contributed by atoms with Gasteiger partial charge in [0.15, 0.2) is 0 Å². The molecule has 0 aromatic rings. The number of allylic oxidation sites excluding steroid dienone is 1. The summed E-state index contributed by atoms with van der Waals surface area (Å²) in [5.41, 5.74) is 0. The summed E-state index contributed by atoms with van der Waals surface area (Å²) >= 11 is 3.08. The predicted molar refractivity (Wildman–Crippen MR) is 34.2 cm³/mol. The molecular weight excluding hydrogens is 156 g/mol. The van der Waals surface area contributed by atoms with Crippen LogP contribution in [0, 0.1) is 0 Å². The number of halogens is 1. The topological polar surface area (TPSA) is 9.23 Å². The molecule has 40 valence electrons. The summed E-state index contributed by atoms with van der Waals surface area (Å²) < 4.78 is 4.74. The van der Waals surface area contributed by atoms with Crippen LogP contribution >= 0.6 is 15.9 Å². The molecule has 7 heavy (non-hydrogen) atoms. The zero-order valence-electron chi connectivity index (χ0n) is 4.15. The van der Waals surface area contributed by atoms with Crippen LogP contribution < -0.4 is 0 Å². The van der Waals surface area contributed by atoms with Crippen LogP contribution in [0.5, 0.6) is 0 Å². The first kappa shape index (κ1) is 6.76. The summed E-state index contributed by atoms with van der Waals surface area (Å²) in [4.78, 5) is 1.67. The van der Waals surface area contributed by atoms with Crippen molar-refractivity contribution in [1.82, 2.24) is 0 Å². The van der Waals surface area contributed by atoms with E-state index in [2.05, 4.69) is 22.5 Å². The predicted octanol–water partition coefficient (Wildman–Crippen LogP) is 2.06. The molecule has 0 rings (SSSR count). The van der Waals surface area contributed by atoms with Crippen LogP contribution in [0.4, 0.5) is 0 Å². The van der Waals surface area contributed by atoms with E-state index in [1.165, 1.54) is 0 Å². The molecule has 1 nitrogen and oxygen atoms in total. The Morgan fingerprint density at radius 2 is 2.43 bits per heavy atom. The molecule has 0 saturated carbocycles. The van der Waals surface area contributed by atoms with Gasteiger partial charge in [-0.3, -0.25) is 0 Å². The Hall–Kier alpha value is -0.240. The van der Waals surface area contributed by atoms with E-state index < -0.39 is 0 Å². The smallest absolute Gasteiger partial charge is 0.125 e. The zero-order chi connectivity index (χ0) is 5.70. The van der Waals surface area contributed by atoms with Crippen LogP contribution in [0.3, 0.4) is 0 Å². The first-order valence-corrected chi connectivity index (χ1v) is 2.73. The van der Waals surface area contributed by atoms with E-state index in [-0.39, 0.29) is 0 Å². The van der Waals surface area contributed by atoms with Crippen molar-refractivity contribution in [3.8, 4) is 0 Å². The molecule has 0 N–H and O–H groups in total. The molecular formula is C5H7BrO. The van der Waals surface area contributed by atoms with Gasteiger partial charge in [0.05, 0.1) is 7.11 Å². The van der Waals surface area contributed by atoms with Gasteiger partial charge in [-0.25, -0.2) is 0 Å². The first-order chi connectivity index (χ1) is 3.35. The maximum Gasteiger partial charge on any atom is 0.125 e. The third-order valence-corrected chi connectivity index (χ3v) is 0.996. The third kappa shape index (κ3) is 2.45. The average molecular weight is 163 g/mol. The number of hydrogen-bond acceptors (Lipinski definition) is 1. The first-order valence-electron chi connectivity index (χ1n) is 1.82.